The van der Waals surface area contributed by atoms with E-state index in [1.165, 1.54) is 4.88 Å². The third-order valence-corrected chi connectivity index (χ3v) is 5.74. The van der Waals surface area contributed by atoms with Crippen molar-refractivity contribution in [2.24, 2.45) is 5.92 Å². The lowest BCUT2D eigenvalue weighted by atomic mass is 9.89. The Morgan fingerprint density at radius 1 is 1.52 bits per heavy atom. The first kappa shape index (κ1) is 15.9. The Morgan fingerprint density at radius 2 is 2.36 bits per heavy atom. The van der Waals surface area contributed by atoms with Gasteiger partial charge in [0.1, 0.15) is 22.4 Å². The van der Waals surface area contributed by atoms with Crippen LogP contribution in [0.15, 0.2) is 21.3 Å². The van der Waals surface area contributed by atoms with Crippen LogP contribution in [0.3, 0.4) is 0 Å². The van der Waals surface area contributed by atoms with Crippen molar-refractivity contribution in [3.05, 3.63) is 50.3 Å². The molecular formula is C19H17N3O2S. The number of hydrogen-bond acceptors (Lipinski definition) is 5. The molecule has 6 heteroatoms. The number of aryl methyl sites for hydroxylation is 2. The summed E-state index contributed by atoms with van der Waals surface area (Å²) in [6.07, 6.45) is 4.62. The number of nitriles is 1. The predicted octanol–water partition coefficient (Wildman–Crippen LogP) is 4.08. The molecule has 0 saturated heterocycles. The highest BCUT2D eigenvalue weighted by Gasteiger charge is 2.23. The van der Waals surface area contributed by atoms with Gasteiger partial charge in [-0.3, -0.25) is 4.79 Å². The van der Waals surface area contributed by atoms with E-state index in [-0.39, 0.29) is 11.1 Å². The molecule has 1 N–H and O–H groups in total. The van der Waals surface area contributed by atoms with Crippen LogP contribution >= 0.6 is 11.3 Å². The number of aromatic nitrogens is 2. The number of H-pyrrole nitrogens is 1. The number of rotatable bonds is 2. The molecule has 0 amide bonds. The summed E-state index contributed by atoms with van der Waals surface area (Å²) in [5.74, 6) is 2.26. The SMILES string of the molecule is Cc1ccc(/C=C(\C#N)c2nc3sc4c(c3c(=O)[nH]2)CCC(C)C4)o1. The highest BCUT2D eigenvalue weighted by atomic mass is 32.1. The molecule has 3 heterocycles. The lowest BCUT2D eigenvalue weighted by Crippen LogP contribution is -2.14. The van der Waals surface area contributed by atoms with E-state index in [2.05, 4.69) is 23.0 Å². The molecule has 1 unspecified atom stereocenters. The largest absolute Gasteiger partial charge is 0.462 e. The molecule has 3 aromatic rings. The van der Waals surface area contributed by atoms with E-state index >= 15 is 0 Å². The number of thiophene rings is 1. The third-order valence-electron chi connectivity index (χ3n) is 4.59. The van der Waals surface area contributed by atoms with E-state index in [1.54, 1.807) is 23.5 Å². The fourth-order valence-corrected chi connectivity index (χ4v) is 4.69. The Hall–Kier alpha value is -2.65. The normalized spacial score (nSPS) is 17.5. The molecule has 0 aromatic carbocycles. The summed E-state index contributed by atoms with van der Waals surface area (Å²) in [5.41, 5.74) is 1.26. The van der Waals surface area contributed by atoms with Crippen LogP contribution in [-0.2, 0) is 12.8 Å². The number of furan rings is 1. The van der Waals surface area contributed by atoms with Crippen molar-refractivity contribution >= 4 is 33.2 Å². The molecule has 0 aliphatic heterocycles. The summed E-state index contributed by atoms with van der Waals surface area (Å²) >= 11 is 1.58. The molecule has 3 aromatic heterocycles. The molecule has 0 spiro atoms. The summed E-state index contributed by atoms with van der Waals surface area (Å²) in [4.78, 5) is 22.0. The van der Waals surface area contributed by atoms with Crippen LogP contribution in [0, 0.1) is 24.2 Å². The van der Waals surface area contributed by atoms with Crippen molar-refractivity contribution in [3.8, 4) is 6.07 Å². The zero-order chi connectivity index (χ0) is 17.6. The minimum Gasteiger partial charge on any atom is -0.462 e. The smallest absolute Gasteiger partial charge is 0.260 e. The van der Waals surface area contributed by atoms with Crippen molar-refractivity contribution in [1.82, 2.24) is 9.97 Å². The maximum atomic E-state index is 12.6. The van der Waals surface area contributed by atoms with Gasteiger partial charge in [-0.2, -0.15) is 5.26 Å². The van der Waals surface area contributed by atoms with Crippen LogP contribution in [0.25, 0.3) is 21.9 Å². The molecule has 4 rings (SSSR count). The van der Waals surface area contributed by atoms with Crippen molar-refractivity contribution < 1.29 is 4.42 Å². The first-order valence-electron chi connectivity index (χ1n) is 8.28. The van der Waals surface area contributed by atoms with Gasteiger partial charge >= 0.3 is 0 Å². The van der Waals surface area contributed by atoms with E-state index in [0.717, 1.165) is 35.4 Å². The third kappa shape index (κ3) is 2.81. The van der Waals surface area contributed by atoms with Crippen molar-refractivity contribution in [2.75, 3.05) is 0 Å². The van der Waals surface area contributed by atoms with Gasteiger partial charge in [-0.15, -0.1) is 11.3 Å². The lowest BCUT2D eigenvalue weighted by Gasteiger charge is -2.17. The average Bonchev–Trinajstić information content (AvgIpc) is 3.14. The number of aromatic amines is 1. The van der Waals surface area contributed by atoms with Gasteiger partial charge in [0.25, 0.3) is 5.56 Å². The fourth-order valence-electron chi connectivity index (χ4n) is 3.30. The molecule has 1 aliphatic rings. The van der Waals surface area contributed by atoms with Crippen LogP contribution in [0.5, 0.6) is 0 Å². The van der Waals surface area contributed by atoms with Crippen LogP contribution < -0.4 is 5.56 Å². The number of hydrogen-bond donors (Lipinski definition) is 1. The van der Waals surface area contributed by atoms with Crippen molar-refractivity contribution in [2.45, 2.75) is 33.1 Å². The standard InChI is InChI=1S/C19H17N3O2S/c1-10-3-6-14-15(7-10)25-19-16(14)18(23)21-17(22-19)12(9-20)8-13-5-4-11(2)24-13/h4-5,8,10H,3,6-7H2,1-2H3,(H,21,22,23)/b12-8+. The minimum absolute atomic E-state index is 0.163. The maximum absolute atomic E-state index is 12.6. The Morgan fingerprint density at radius 3 is 3.08 bits per heavy atom. The number of nitrogens with one attached hydrogen (secondary N) is 1. The van der Waals surface area contributed by atoms with Gasteiger partial charge in [0.15, 0.2) is 5.82 Å². The second-order valence-electron chi connectivity index (χ2n) is 6.56. The van der Waals surface area contributed by atoms with Gasteiger partial charge in [0.05, 0.1) is 11.0 Å². The number of nitrogens with zero attached hydrogens (tertiary/aromatic N) is 2. The zero-order valence-electron chi connectivity index (χ0n) is 14.0. The van der Waals surface area contributed by atoms with Crippen molar-refractivity contribution in [1.29, 1.82) is 5.26 Å². The topological polar surface area (TPSA) is 82.7 Å². The van der Waals surface area contributed by atoms with Gasteiger partial charge in [0.2, 0.25) is 0 Å². The summed E-state index contributed by atoms with van der Waals surface area (Å²) in [5, 5.41) is 10.2. The molecule has 0 saturated carbocycles. The molecule has 0 bridgehead atoms. The monoisotopic (exact) mass is 351 g/mol. The van der Waals surface area contributed by atoms with E-state index in [9.17, 15) is 10.1 Å². The molecule has 126 valence electrons. The molecule has 1 aliphatic carbocycles. The van der Waals surface area contributed by atoms with Crippen LogP contribution in [0.1, 0.15) is 41.1 Å². The first-order valence-corrected chi connectivity index (χ1v) is 9.10. The zero-order valence-corrected chi connectivity index (χ0v) is 14.9. The average molecular weight is 351 g/mol. The van der Waals surface area contributed by atoms with Crippen molar-refractivity contribution in [3.63, 3.8) is 0 Å². The molecular weight excluding hydrogens is 334 g/mol. The van der Waals surface area contributed by atoms with E-state index in [4.69, 9.17) is 4.42 Å². The number of fused-ring (bicyclic) bond motifs is 3. The molecule has 0 fully saturated rings. The van der Waals surface area contributed by atoms with E-state index in [0.29, 0.717) is 22.9 Å². The first-order chi connectivity index (χ1) is 12.0. The fraction of sp³-hybridized carbons (Fsp3) is 0.316. The van der Waals surface area contributed by atoms with Gasteiger partial charge in [-0.1, -0.05) is 6.92 Å². The predicted molar refractivity (Wildman–Crippen MR) is 98.4 cm³/mol. The van der Waals surface area contributed by atoms with Crippen LogP contribution in [0.2, 0.25) is 0 Å². The van der Waals surface area contributed by atoms with Gasteiger partial charge in [0, 0.05) is 11.0 Å². The second kappa shape index (κ2) is 6.01. The van der Waals surface area contributed by atoms with Gasteiger partial charge in [-0.25, -0.2) is 4.98 Å². The Bertz CT molecular complexity index is 1090. The van der Waals surface area contributed by atoms with Crippen LogP contribution in [0.4, 0.5) is 0 Å². The summed E-state index contributed by atoms with van der Waals surface area (Å²) < 4.78 is 5.49. The lowest BCUT2D eigenvalue weighted by molar-refractivity contribution is 0.509. The molecule has 1 atom stereocenters. The Labute approximate surface area is 148 Å². The summed E-state index contributed by atoms with van der Waals surface area (Å²) in [6, 6.07) is 5.72. The van der Waals surface area contributed by atoms with E-state index in [1.807, 2.05) is 13.0 Å². The van der Waals surface area contributed by atoms with Gasteiger partial charge in [-0.05, 0) is 49.8 Å². The highest BCUT2D eigenvalue weighted by Crippen LogP contribution is 2.35. The second-order valence-corrected chi connectivity index (χ2v) is 7.65. The molecule has 0 radical (unpaired) electrons. The molecule has 25 heavy (non-hydrogen) atoms. The molecule has 5 nitrogen and oxygen atoms in total. The van der Waals surface area contributed by atoms with E-state index < -0.39 is 0 Å². The van der Waals surface area contributed by atoms with Crippen LogP contribution in [-0.4, -0.2) is 9.97 Å². The minimum atomic E-state index is -0.163. The van der Waals surface area contributed by atoms with Gasteiger partial charge < -0.3 is 9.40 Å². The highest BCUT2D eigenvalue weighted by molar-refractivity contribution is 7.18. The number of allylic oxidation sites excluding steroid dienone is 1. The Kier molecular flexibility index (Phi) is 3.81. The maximum Gasteiger partial charge on any atom is 0.260 e. The Balaban J connectivity index is 1.85. The summed E-state index contributed by atoms with van der Waals surface area (Å²) in [7, 11) is 0. The quantitative estimate of drug-likeness (QED) is 0.705. The summed E-state index contributed by atoms with van der Waals surface area (Å²) in [6.45, 7) is 4.07.